The highest BCUT2D eigenvalue weighted by atomic mass is 16.6. The SMILES string of the molecule is Cc1ccc(-c2cnc([C@@H]3C[C@@]4(CCCO4)CN3C(=O)OC(C)(C)C)[nH]2)cc1. The molecule has 28 heavy (non-hydrogen) atoms. The van der Waals surface area contributed by atoms with Crippen molar-refractivity contribution in [1.29, 1.82) is 0 Å². The first-order valence-corrected chi connectivity index (χ1v) is 10.0. The lowest BCUT2D eigenvalue weighted by Gasteiger charge is -2.28. The molecule has 0 radical (unpaired) electrons. The second kappa shape index (κ2) is 6.92. The van der Waals surface area contributed by atoms with Crippen LogP contribution in [0.2, 0.25) is 0 Å². The van der Waals surface area contributed by atoms with Gasteiger partial charge in [-0.3, -0.25) is 4.90 Å². The van der Waals surface area contributed by atoms with Crippen molar-refractivity contribution in [3.8, 4) is 11.3 Å². The van der Waals surface area contributed by atoms with Crippen molar-refractivity contribution >= 4 is 6.09 Å². The van der Waals surface area contributed by atoms with Crippen molar-refractivity contribution in [2.75, 3.05) is 13.2 Å². The molecule has 150 valence electrons. The monoisotopic (exact) mass is 383 g/mol. The predicted molar refractivity (Wildman–Crippen MR) is 107 cm³/mol. The Balaban J connectivity index is 1.61. The number of hydrogen-bond acceptors (Lipinski definition) is 4. The number of imidazole rings is 1. The molecule has 0 bridgehead atoms. The van der Waals surface area contributed by atoms with Crippen LogP contribution in [0.3, 0.4) is 0 Å². The summed E-state index contributed by atoms with van der Waals surface area (Å²) in [5.41, 5.74) is 2.43. The molecule has 2 saturated heterocycles. The average Bonchev–Trinajstić information content (AvgIpc) is 3.35. The van der Waals surface area contributed by atoms with Gasteiger partial charge in [-0.15, -0.1) is 0 Å². The molecule has 4 rings (SSSR count). The Bertz CT molecular complexity index is 845. The van der Waals surface area contributed by atoms with Gasteiger partial charge in [0.2, 0.25) is 0 Å². The molecule has 6 heteroatoms. The number of nitrogens with zero attached hydrogens (tertiary/aromatic N) is 2. The number of nitrogens with one attached hydrogen (secondary N) is 1. The lowest BCUT2D eigenvalue weighted by Crippen LogP contribution is -2.39. The number of likely N-dealkylation sites (tertiary alicyclic amines) is 1. The van der Waals surface area contributed by atoms with Crippen LogP contribution in [0.5, 0.6) is 0 Å². The van der Waals surface area contributed by atoms with E-state index in [4.69, 9.17) is 9.47 Å². The molecule has 0 aliphatic carbocycles. The summed E-state index contributed by atoms with van der Waals surface area (Å²) < 4.78 is 11.7. The highest BCUT2D eigenvalue weighted by Gasteiger charge is 2.51. The molecular weight excluding hydrogens is 354 g/mol. The summed E-state index contributed by atoms with van der Waals surface area (Å²) in [5.74, 6) is 0.786. The standard InChI is InChI=1S/C22H29N3O3/c1-15-6-8-16(9-7-15)17-13-23-19(24-17)18-12-22(10-5-11-27-22)14-25(18)20(26)28-21(2,3)4/h6-9,13,18H,5,10-12,14H2,1-4H3,(H,23,24)/t18-,22-/m0/s1. The topological polar surface area (TPSA) is 67.4 Å². The van der Waals surface area contributed by atoms with E-state index in [0.717, 1.165) is 43.0 Å². The molecule has 2 atom stereocenters. The molecular formula is C22H29N3O3. The van der Waals surface area contributed by atoms with Crippen LogP contribution in [0.1, 0.15) is 57.5 Å². The van der Waals surface area contributed by atoms with Crippen LogP contribution in [-0.4, -0.2) is 45.3 Å². The number of aryl methyl sites for hydroxylation is 1. The maximum atomic E-state index is 12.9. The second-order valence-corrected chi connectivity index (χ2v) is 9.01. The summed E-state index contributed by atoms with van der Waals surface area (Å²) in [6.07, 6.45) is 4.27. The lowest BCUT2D eigenvalue weighted by atomic mass is 9.96. The second-order valence-electron chi connectivity index (χ2n) is 9.01. The van der Waals surface area contributed by atoms with Crippen molar-refractivity contribution < 1.29 is 14.3 Å². The Kier molecular flexibility index (Phi) is 4.70. The van der Waals surface area contributed by atoms with Crippen LogP contribution in [0.4, 0.5) is 4.79 Å². The molecule has 0 unspecified atom stereocenters. The quantitative estimate of drug-likeness (QED) is 0.822. The van der Waals surface area contributed by atoms with Gasteiger partial charge >= 0.3 is 6.09 Å². The van der Waals surface area contributed by atoms with Crippen molar-refractivity contribution in [3.05, 3.63) is 41.9 Å². The summed E-state index contributed by atoms with van der Waals surface area (Å²) in [7, 11) is 0. The van der Waals surface area contributed by atoms with Crippen molar-refractivity contribution in [3.63, 3.8) is 0 Å². The third-order valence-electron chi connectivity index (χ3n) is 5.49. The van der Waals surface area contributed by atoms with Gasteiger partial charge in [-0.1, -0.05) is 29.8 Å². The molecule has 1 spiro atoms. The Morgan fingerprint density at radius 2 is 2.07 bits per heavy atom. The summed E-state index contributed by atoms with van der Waals surface area (Å²) in [6.45, 7) is 9.04. The molecule has 3 heterocycles. The van der Waals surface area contributed by atoms with Gasteiger partial charge in [0.05, 0.1) is 30.1 Å². The van der Waals surface area contributed by atoms with E-state index in [9.17, 15) is 4.79 Å². The number of rotatable bonds is 2. The molecule has 2 aromatic rings. The third kappa shape index (κ3) is 3.78. The van der Waals surface area contributed by atoms with Crippen LogP contribution < -0.4 is 0 Å². The highest BCUT2D eigenvalue weighted by molar-refractivity contribution is 5.69. The molecule has 1 amide bonds. The third-order valence-corrected chi connectivity index (χ3v) is 5.49. The number of carbonyl (C=O) groups excluding carboxylic acids is 1. The van der Waals surface area contributed by atoms with Gasteiger partial charge in [0.1, 0.15) is 11.4 Å². The van der Waals surface area contributed by atoms with Gasteiger partial charge in [0.15, 0.2) is 0 Å². The molecule has 1 aromatic heterocycles. The number of amides is 1. The molecule has 0 saturated carbocycles. The van der Waals surface area contributed by atoms with Gasteiger partial charge in [0, 0.05) is 13.0 Å². The van der Waals surface area contributed by atoms with Crippen LogP contribution in [0.25, 0.3) is 11.3 Å². The van der Waals surface area contributed by atoms with Crippen molar-refractivity contribution in [1.82, 2.24) is 14.9 Å². The number of carbonyl (C=O) groups is 1. The fourth-order valence-corrected chi connectivity index (χ4v) is 4.13. The zero-order valence-electron chi connectivity index (χ0n) is 17.1. The van der Waals surface area contributed by atoms with Crippen molar-refractivity contribution in [2.24, 2.45) is 0 Å². The van der Waals surface area contributed by atoms with Gasteiger partial charge in [0.25, 0.3) is 0 Å². The number of H-pyrrole nitrogens is 1. The minimum Gasteiger partial charge on any atom is -0.444 e. The molecule has 2 fully saturated rings. The summed E-state index contributed by atoms with van der Waals surface area (Å²) >= 11 is 0. The number of aromatic amines is 1. The normalized spacial score (nSPS) is 24.9. The van der Waals surface area contributed by atoms with Crippen LogP contribution in [0, 0.1) is 6.92 Å². The Labute approximate surface area is 166 Å². The molecule has 1 N–H and O–H groups in total. The van der Waals surface area contributed by atoms with Gasteiger partial charge in [-0.25, -0.2) is 9.78 Å². The van der Waals surface area contributed by atoms with E-state index >= 15 is 0 Å². The van der Waals surface area contributed by atoms with E-state index in [-0.39, 0.29) is 17.7 Å². The van der Waals surface area contributed by atoms with Crippen LogP contribution in [-0.2, 0) is 9.47 Å². The van der Waals surface area contributed by atoms with E-state index in [2.05, 4.69) is 41.2 Å². The lowest BCUT2D eigenvalue weighted by molar-refractivity contribution is -0.0000130. The van der Waals surface area contributed by atoms with Gasteiger partial charge < -0.3 is 14.5 Å². The van der Waals surface area contributed by atoms with Gasteiger partial charge in [-0.2, -0.15) is 0 Å². The minimum atomic E-state index is -0.538. The number of ether oxygens (including phenoxy) is 2. The number of benzene rings is 1. The smallest absolute Gasteiger partial charge is 0.411 e. The highest BCUT2D eigenvalue weighted by Crippen LogP contribution is 2.45. The largest absolute Gasteiger partial charge is 0.444 e. The Hall–Kier alpha value is -2.34. The van der Waals surface area contributed by atoms with Crippen molar-refractivity contribution in [2.45, 2.75) is 64.2 Å². The Morgan fingerprint density at radius 1 is 1.32 bits per heavy atom. The minimum absolute atomic E-state index is 0.174. The van der Waals surface area contributed by atoms with Gasteiger partial charge in [-0.05, 0) is 46.1 Å². The summed E-state index contributed by atoms with van der Waals surface area (Å²) in [4.78, 5) is 22.7. The predicted octanol–water partition coefficient (Wildman–Crippen LogP) is 4.62. The first-order chi connectivity index (χ1) is 13.2. The van der Waals surface area contributed by atoms with E-state index in [1.807, 2.05) is 27.0 Å². The maximum absolute atomic E-state index is 12.9. The van der Waals surface area contributed by atoms with E-state index in [1.165, 1.54) is 5.56 Å². The first kappa shape index (κ1) is 19.0. The zero-order chi connectivity index (χ0) is 19.9. The first-order valence-electron chi connectivity index (χ1n) is 10.0. The summed E-state index contributed by atoms with van der Waals surface area (Å²) in [5, 5.41) is 0. The number of hydrogen-bond donors (Lipinski definition) is 1. The number of aromatic nitrogens is 2. The summed E-state index contributed by atoms with van der Waals surface area (Å²) in [6, 6.07) is 8.15. The Morgan fingerprint density at radius 3 is 2.71 bits per heavy atom. The van der Waals surface area contributed by atoms with E-state index in [0.29, 0.717) is 6.54 Å². The molecule has 1 aromatic carbocycles. The van der Waals surface area contributed by atoms with Crippen LogP contribution >= 0.6 is 0 Å². The molecule has 2 aliphatic rings. The van der Waals surface area contributed by atoms with Crippen LogP contribution in [0.15, 0.2) is 30.5 Å². The molecule has 2 aliphatic heterocycles. The fraction of sp³-hybridized carbons (Fsp3) is 0.545. The zero-order valence-corrected chi connectivity index (χ0v) is 17.1. The molecule has 6 nitrogen and oxygen atoms in total. The van der Waals surface area contributed by atoms with E-state index in [1.54, 1.807) is 4.90 Å². The maximum Gasteiger partial charge on any atom is 0.411 e. The fourth-order valence-electron chi connectivity index (χ4n) is 4.13. The average molecular weight is 383 g/mol. The van der Waals surface area contributed by atoms with E-state index < -0.39 is 5.60 Å².